The van der Waals surface area contributed by atoms with Crippen LogP contribution in [0.1, 0.15) is 37.6 Å². The lowest BCUT2D eigenvalue weighted by molar-refractivity contribution is -0.113. The van der Waals surface area contributed by atoms with Crippen LogP contribution < -0.4 is 10.2 Å². The number of rotatable bonds is 5. The Bertz CT molecular complexity index is 1070. The molecule has 5 nitrogen and oxygen atoms in total. The van der Waals surface area contributed by atoms with Crippen LogP contribution in [0.15, 0.2) is 53.6 Å². The molecule has 0 aliphatic carbocycles. The monoisotopic (exact) mass is 407 g/mol. The Morgan fingerprint density at radius 1 is 1.14 bits per heavy atom. The number of hydrogen-bond acceptors (Lipinski definition) is 3. The van der Waals surface area contributed by atoms with Gasteiger partial charge in [0.05, 0.1) is 11.4 Å². The second-order valence-electron chi connectivity index (χ2n) is 7.95. The van der Waals surface area contributed by atoms with Crippen LogP contribution in [0.2, 0.25) is 0 Å². The van der Waals surface area contributed by atoms with Crippen molar-refractivity contribution in [2.75, 3.05) is 16.0 Å². The number of carbonyl (C=O) groups excluding carboxylic acids is 2. The van der Waals surface area contributed by atoms with Crippen molar-refractivity contribution in [3.63, 3.8) is 0 Å². The van der Waals surface area contributed by atoms with Crippen LogP contribution in [-0.4, -0.2) is 28.6 Å². The van der Waals surface area contributed by atoms with Gasteiger partial charge >= 0.3 is 0 Å². The Hall–Kier alpha value is -2.73. The molecule has 2 heterocycles. The fourth-order valence-corrected chi connectivity index (χ4v) is 4.69. The summed E-state index contributed by atoms with van der Waals surface area (Å²) in [5.41, 5.74) is 3.23. The zero-order valence-electron chi connectivity index (χ0n) is 16.9. The molecule has 0 fully saturated rings. The standard InChI is InChI=1S/C23H25N3O2S/c1-14(2)10-15(3)26(18-5-6-19-16(11-18)8-9-24-19)23(28)17-4-7-21-20(12-17)25-22(27)13-29-21/h4-9,11-12,14-15,24H,10,13H2,1-3H3,(H,25,27). The normalized spacial score (nSPS) is 14.6. The van der Waals surface area contributed by atoms with Gasteiger partial charge in [0.1, 0.15) is 0 Å². The first-order valence-corrected chi connectivity index (χ1v) is 10.9. The lowest BCUT2D eigenvalue weighted by Gasteiger charge is -2.31. The maximum atomic E-state index is 13.6. The molecule has 2 aromatic carbocycles. The Labute approximate surface area is 174 Å². The molecule has 3 aromatic rings. The minimum Gasteiger partial charge on any atom is -0.361 e. The molecule has 1 aliphatic heterocycles. The van der Waals surface area contributed by atoms with Crippen molar-refractivity contribution in [3.05, 3.63) is 54.2 Å². The van der Waals surface area contributed by atoms with E-state index < -0.39 is 0 Å². The third kappa shape index (κ3) is 4.03. The largest absolute Gasteiger partial charge is 0.361 e. The van der Waals surface area contributed by atoms with Crippen LogP contribution >= 0.6 is 11.8 Å². The summed E-state index contributed by atoms with van der Waals surface area (Å²) >= 11 is 1.50. The fourth-order valence-electron chi connectivity index (χ4n) is 3.91. The molecule has 6 heteroatoms. The van der Waals surface area contributed by atoms with Crippen LogP contribution in [-0.2, 0) is 4.79 Å². The molecular weight excluding hydrogens is 382 g/mol. The topological polar surface area (TPSA) is 65.2 Å². The van der Waals surface area contributed by atoms with Crippen molar-refractivity contribution in [1.29, 1.82) is 0 Å². The zero-order chi connectivity index (χ0) is 20.5. The van der Waals surface area contributed by atoms with Gasteiger partial charge < -0.3 is 15.2 Å². The van der Waals surface area contributed by atoms with E-state index in [9.17, 15) is 9.59 Å². The summed E-state index contributed by atoms with van der Waals surface area (Å²) in [6, 6.07) is 13.7. The lowest BCUT2D eigenvalue weighted by atomic mass is 10.0. The predicted molar refractivity (Wildman–Crippen MR) is 120 cm³/mol. The first-order chi connectivity index (χ1) is 13.9. The van der Waals surface area contributed by atoms with Gasteiger partial charge in [-0.1, -0.05) is 13.8 Å². The van der Waals surface area contributed by atoms with Gasteiger partial charge in [0.2, 0.25) is 5.91 Å². The number of H-pyrrole nitrogens is 1. The molecule has 29 heavy (non-hydrogen) atoms. The number of aromatic nitrogens is 1. The van der Waals surface area contributed by atoms with Gasteiger partial charge in [-0.2, -0.15) is 0 Å². The van der Waals surface area contributed by atoms with E-state index >= 15 is 0 Å². The second kappa shape index (κ2) is 7.95. The summed E-state index contributed by atoms with van der Waals surface area (Å²) in [6.45, 7) is 6.43. The highest BCUT2D eigenvalue weighted by molar-refractivity contribution is 8.00. The van der Waals surface area contributed by atoms with E-state index in [1.807, 2.05) is 41.4 Å². The SMILES string of the molecule is CC(C)CC(C)N(C(=O)c1ccc2c(c1)NC(=O)CS2)c1ccc2[nH]ccc2c1. The molecule has 0 spiro atoms. The summed E-state index contributed by atoms with van der Waals surface area (Å²) < 4.78 is 0. The highest BCUT2D eigenvalue weighted by atomic mass is 32.2. The average molecular weight is 408 g/mol. The van der Waals surface area contributed by atoms with Crippen molar-refractivity contribution < 1.29 is 9.59 Å². The van der Waals surface area contributed by atoms with Gasteiger partial charge in [-0.15, -0.1) is 11.8 Å². The highest BCUT2D eigenvalue weighted by Crippen LogP contribution is 2.33. The second-order valence-corrected chi connectivity index (χ2v) is 8.97. The first-order valence-electron chi connectivity index (χ1n) is 9.90. The van der Waals surface area contributed by atoms with Crippen LogP contribution in [0.25, 0.3) is 10.9 Å². The molecule has 4 rings (SSSR count). The van der Waals surface area contributed by atoms with E-state index in [-0.39, 0.29) is 17.9 Å². The van der Waals surface area contributed by atoms with E-state index in [1.54, 1.807) is 6.07 Å². The summed E-state index contributed by atoms with van der Waals surface area (Å²) in [7, 11) is 0. The van der Waals surface area contributed by atoms with Gasteiger partial charge in [0.15, 0.2) is 0 Å². The quantitative estimate of drug-likeness (QED) is 0.604. The van der Waals surface area contributed by atoms with Crippen LogP contribution in [0, 0.1) is 5.92 Å². The Kier molecular flexibility index (Phi) is 5.37. The Morgan fingerprint density at radius 3 is 2.76 bits per heavy atom. The molecule has 1 aromatic heterocycles. The van der Waals surface area contributed by atoms with E-state index in [1.165, 1.54) is 11.8 Å². The van der Waals surface area contributed by atoms with Crippen LogP contribution in [0.5, 0.6) is 0 Å². The minimum absolute atomic E-state index is 0.0324. The number of carbonyl (C=O) groups is 2. The van der Waals surface area contributed by atoms with E-state index in [0.29, 0.717) is 17.2 Å². The molecular formula is C23H25N3O2S. The van der Waals surface area contributed by atoms with Crippen molar-refractivity contribution in [2.45, 2.75) is 38.1 Å². The maximum Gasteiger partial charge on any atom is 0.258 e. The maximum absolute atomic E-state index is 13.6. The summed E-state index contributed by atoms with van der Waals surface area (Å²) in [6.07, 6.45) is 2.80. The molecule has 1 unspecified atom stereocenters. The highest BCUT2D eigenvalue weighted by Gasteiger charge is 2.26. The predicted octanol–water partition coefficient (Wildman–Crippen LogP) is 5.29. The molecule has 2 amide bonds. The zero-order valence-corrected chi connectivity index (χ0v) is 17.7. The lowest BCUT2D eigenvalue weighted by Crippen LogP contribution is -2.39. The van der Waals surface area contributed by atoms with Crippen LogP contribution in [0.4, 0.5) is 11.4 Å². The molecule has 0 bridgehead atoms. The molecule has 0 radical (unpaired) electrons. The third-order valence-electron chi connectivity index (χ3n) is 5.15. The first kappa shape index (κ1) is 19.6. The van der Waals surface area contributed by atoms with Gasteiger partial charge in [-0.3, -0.25) is 9.59 Å². The number of fused-ring (bicyclic) bond motifs is 2. The van der Waals surface area contributed by atoms with E-state index in [0.717, 1.165) is 33.6 Å². The summed E-state index contributed by atoms with van der Waals surface area (Å²) in [4.78, 5) is 31.4. The number of benzene rings is 2. The molecule has 2 N–H and O–H groups in total. The molecule has 150 valence electrons. The number of hydrogen-bond donors (Lipinski definition) is 2. The van der Waals surface area contributed by atoms with Gasteiger partial charge in [-0.05, 0) is 61.7 Å². The van der Waals surface area contributed by atoms with Gasteiger partial charge in [-0.25, -0.2) is 0 Å². The van der Waals surface area contributed by atoms with Crippen molar-refractivity contribution in [2.24, 2.45) is 5.92 Å². The summed E-state index contributed by atoms with van der Waals surface area (Å²) in [5.74, 6) is 0.792. The Balaban J connectivity index is 1.73. The van der Waals surface area contributed by atoms with Crippen molar-refractivity contribution in [3.8, 4) is 0 Å². The third-order valence-corrected chi connectivity index (χ3v) is 6.22. The number of aromatic amines is 1. The van der Waals surface area contributed by atoms with Crippen molar-refractivity contribution in [1.82, 2.24) is 4.98 Å². The smallest absolute Gasteiger partial charge is 0.258 e. The minimum atomic E-state index is -0.0549. The van der Waals surface area contributed by atoms with Crippen molar-refractivity contribution >= 4 is 45.9 Å². The van der Waals surface area contributed by atoms with Crippen LogP contribution in [0.3, 0.4) is 0 Å². The molecule has 0 saturated carbocycles. The molecule has 0 saturated heterocycles. The molecule has 1 aliphatic rings. The number of nitrogens with zero attached hydrogens (tertiary/aromatic N) is 1. The number of anilines is 2. The van der Waals surface area contributed by atoms with E-state index in [4.69, 9.17) is 0 Å². The Morgan fingerprint density at radius 2 is 1.97 bits per heavy atom. The number of amides is 2. The molecule has 1 atom stereocenters. The van der Waals surface area contributed by atoms with Gasteiger partial charge in [0.25, 0.3) is 5.91 Å². The summed E-state index contributed by atoms with van der Waals surface area (Å²) in [5, 5.41) is 3.96. The van der Waals surface area contributed by atoms with Gasteiger partial charge in [0, 0.05) is 39.3 Å². The van der Waals surface area contributed by atoms with E-state index in [2.05, 4.69) is 37.1 Å². The average Bonchev–Trinajstić information content (AvgIpc) is 3.14. The fraction of sp³-hybridized carbons (Fsp3) is 0.304. The number of nitrogens with one attached hydrogen (secondary N) is 2. The number of thioether (sulfide) groups is 1.